The van der Waals surface area contributed by atoms with E-state index in [-0.39, 0.29) is 31.8 Å². The quantitative estimate of drug-likeness (QED) is 0.328. The molecular weight excluding hydrogens is 372 g/mol. The fraction of sp³-hybridized carbons (Fsp3) is 0.722. The number of unbranched alkanes of at least 4 members (excludes halogenated alkanes) is 8. The van der Waals surface area contributed by atoms with Gasteiger partial charge in [0.2, 0.25) is 5.91 Å². The van der Waals surface area contributed by atoms with Crippen molar-refractivity contribution in [3.8, 4) is 0 Å². The molecule has 138 valence electrons. The van der Waals surface area contributed by atoms with Gasteiger partial charge in [-0.25, -0.2) is 9.78 Å². The van der Waals surface area contributed by atoms with Crippen LogP contribution in [-0.2, 0) is 35.5 Å². The molecule has 0 fully saturated rings. The summed E-state index contributed by atoms with van der Waals surface area (Å²) in [5.74, 6) is -1.22. The zero-order valence-electron chi connectivity index (χ0n) is 15.4. The summed E-state index contributed by atoms with van der Waals surface area (Å²) >= 11 is 0. The largest absolute Gasteiger partial charge is 0.480 e. The average molecular weight is 403 g/mol. The molecular formula is C18H31N3O3Zn. The Balaban J connectivity index is 0.00000576. The summed E-state index contributed by atoms with van der Waals surface area (Å²) in [5, 5.41) is 11.8. The fourth-order valence-corrected chi connectivity index (χ4v) is 2.67. The summed E-state index contributed by atoms with van der Waals surface area (Å²) in [6.45, 7) is 2.22. The zero-order chi connectivity index (χ0) is 17.6. The summed E-state index contributed by atoms with van der Waals surface area (Å²) in [7, 11) is 0. The van der Waals surface area contributed by atoms with Gasteiger partial charge >= 0.3 is 5.97 Å². The maximum Gasteiger partial charge on any atom is 0.326 e. The van der Waals surface area contributed by atoms with Gasteiger partial charge in [0.05, 0.1) is 12.0 Å². The number of nitrogens with one attached hydrogen (secondary N) is 2. The summed E-state index contributed by atoms with van der Waals surface area (Å²) in [5.41, 5.74) is 0.630. The van der Waals surface area contributed by atoms with Crippen LogP contribution in [0.1, 0.15) is 76.8 Å². The van der Waals surface area contributed by atoms with E-state index in [1.54, 1.807) is 6.20 Å². The molecule has 25 heavy (non-hydrogen) atoms. The van der Waals surface area contributed by atoms with Gasteiger partial charge in [0, 0.05) is 38.5 Å². The number of hydrogen-bond acceptors (Lipinski definition) is 3. The van der Waals surface area contributed by atoms with Gasteiger partial charge in [-0.2, -0.15) is 0 Å². The van der Waals surface area contributed by atoms with Crippen molar-refractivity contribution in [3.05, 3.63) is 18.2 Å². The Bertz CT molecular complexity index is 466. The van der Waals surface area contributed by atoms with Crippen molar-refractivity contribution in [2.24, 2.45) is 0 Å². The maximum absolute atomic E-state index is 11.9. The molecule has 1 amide bonds. The van der Waals surface area contributed by atoms with E-state index in [2.05, 4.69) is 22.2 Å². The first-order chi connectivity index (χ1) is 11.6. The Kier molecular flexibility index (Phi) is 14.3. The Morgan fingerprint density at radius 1 is 1.12 bits per heavy atom. The molecule has 1 heterocycles. The minimum atomic E-state index is -1.03. The second-order valence-corrected chi connectivity index (χ2v) is 6.30. The van der Waals surface area contributed by atoms with Gasteiger partial charge < -0.3 is 15.4 Å². The number of nitrogens with zero attached hydrogens (tertiary/aromatic N) is 1. The summed E-state index contributed by atoms with van der Waals surface area (Å²) in [6.07, 6.45) is 14.4. The van der Waals surface area contributed by atoms with Crippen LogP contribution in [0.4, 0.5) is 0 Å². The normalized spacial score (nSPS) is 11.6. The molecule has 0 saturated heterocycles. The van der Waals surface area contributed by atoms with Crippen molar-refractivity contribution in [2.75, 3.05) is 0 Å². The maximum atomic E-state index is 11.9. The zero-order valence-corrected chi connectivity index (χ0v) is 18.4. The number of H-pyrrole nitrogens is 1. The first-order valence-electron chi connectivity index (χ1n) is 9.13. The minimum absolute atomic E-state index is 0. The third-order valence-corrected chi connectivity index (χ3v) is 4.11. The molecule has 0 saturated carbocycles. The molecule has 0 aliphatic heterocycles. The number of aromatic nitrogens is 2. The standard InChI is InChI=1S/C18H31N3O3.Zn/c1-2-3-4-5-6-7-8-9-10-11-17(22)21-16(18(23)24)12-15-13-19-14-20-15;/h13-14,16H,2-12H2,1H3,(H,19,20)(H,21,22)(H,23,24);. The van der Waals surface area contributed by atoms with E-state index in [1.807, 2.05) is 0 Å². The van der Waals surface area contributed by atoms with Crippen molar-refractivity contribution >= 4 is 11.9 Å². The van der Waals surface area contributed by atoms with E-state index in [4.69, 9.17) is 0 Å². The molecule has 1 rings (SSSR count). The number of carbonyl (C=O) groups excluding carboxylic acids is 1. The van der Waals surface area contributed by atoms with E-state index in [1.165, 1.54) is 44.9 Å². The Morgan fingerprint density at radius 2 is 1.72 bits per heavy atom. The van der Waals surface area contributed by atoms with Gasteiger partial charge in [-0.1, -0.05) is 58.3 Å². The van der Waals surface area contributed by atoms with Crippen LogP contribution < -0.4 is 5.32 Å². The SMILES string of the molecule is CCCCCCCCCCCC(=O)NC(Cc1c[nH]cn1)C(=O)O.[Zn]. The number of aromatic amines is 1. The molecule has 1 unspecified atom stereocenters. The van der Waals surface area contributed by atoms with Crippen LogP contribution in [0.3, 0.4) is 0 Å². The topological polar surface area (TPSA) is 95.1 Å². The predicted octanol–water partition coefficient (Wildman–Crippen LogP) is 3.44. The smallest absolute Gasteiger partial charge is 0.326 e. The summed E-state index contributed by atoms with van der Waals surface area (Å²) in [6, 6.07) is -0.917. The van der Waals surface area contributed by atoms with Crippen LogP contribution in [0.5, 0.6) is 0 Å². The van der Waals surface area contributed by atoms with E-state index >= 15 is 0 Å². The van der Waals surface area contributed by atoms with Crippen molar-refractivity contribution in [1.29, 1.82) is 0 Å². The van der Waals surface area contributed by atoms with Crippen molar-refractivity contribution in [3.63, 3.8) is 0 Å². The van der Waals surface area contributed by atoms with Crippen LogP contribution in [0.15, 0.2) is 12.5 Å². The van der Waals surface area contributed by atoms with Crippen LogP contribution in [0, 0.1) is 0 Å². The third kappa shape index (κ3) is 11.9. The Hall–Kier alpha value is -1.23. The van der Waals surface area contributed by atoms with Crippen molar-refractivity contribution < 1.29 is 34.2 Å². The monoisotopic (exact) mass is 401 g/mol. The van der Waals surface area contributed by atoms with Crippen molar-refractivity contribution in [1.82, 2.24) is 15.3 Å². The van der Waals surface area contributed by atoms with Gasteiger partial charge in [0.15, 0.2) is 0 Å². The van der Waals surface area contributed by atoms with Gasteiger partial charge in [-0.3, -0.25) is 4.79 Å². The van der Waals surface area contributed by atoms with Crippen molar-refractivity contribution in [2.45, 2.75) is 83.6 Å². The van der Waals surface area contributed by atoms with E-state index in [9.17, 15) is 14.7 Å². The molecule has 1 aromatic rings. The van der Waals surface area contributed by atoms with E-state index < -0.39 is 12.0 Å². The van der Waals surface area contributed by atoms with Crippen LogP contribution in [0.25, 0.3) is 0 Å². The molecule has 1 aromatic heterocycles. The van der Waals surface area contributed by atoms with E-state index in [0.717, 1.165) is 19.3 Å². The Morgan fingerprint density at radius 3 is 2.24 bits per heavy atom. The van der Waals surface area contributed by atoms with Gasteiger partial charge in [-0.15, -0.1) is 0 Å². The van der Waals surface area contributed by atoms with Crippen LogP contribution >= 0.6 is 0 Å². The minimum Gasteiger partial charge on any atom is -0.480 e. The molecule has 0 spiro atoms. The summed E-state index contributed by atoms with van der Waals surface area (Å²) in [4.78, 5) is 29.9. The number of rotatable bonds is 14. The second kappa shape index (κ2) is 15.1. The number of imidazole rings is 1. The van der Waals surface area contributed by atoms with Crippen LogP contribution in [0.2, 0.25) is 0 Å². The average Bonchev–Trinajstić information content (AvgIpc) is 3.05. The second-order valence-electron chi connectivity index (χ2n) is 6.30. The number of aliphatic carboxylic acids is 1. The predicted molar refractivity (Wildman–Crippen MR) is 93.7 cm³/mol. The molecule has 0 bridgehead atoms. The first kappa shape index (κ1) is 23.8. The van der Waals surface area contributed by atoms with Gasteiger partial charge in [0.1, 0.15) is 6.04 Å². The molecule has 0 aromatic carbocycles. The summed E-state index contributed by atoms with van der Waals surface area (Å²) < 4.78 is 0. The molecule has 0 aliphatic carbocycles. The van der Waals surface area contributed by atoms with Gasteiger partial charge in [-0.05, 0) is 6.42 Å². The van der Waals surface area contributed by atoms with E-state index in [0.29, 0.717) is 12.1 Å². The van der Waals surface area contributed by atoms with Gasteiger partial charge in [0.25, 0.3) is 0 Å². The number of hydrogen-bond donors (Lipinski definition) is 3. The third-order valence-electron chi connectivity index (χ3n) is 4.11. The molecule has 7 heteroatoms. The number of amides is 1. The first-order valence-corrected chi connectivity index (χ1v) is 9.13. The Labute approximate surface area is 163 Å². The number of carboxylic acids is 1. The fourth-order valence-electron chi connectivity index (χ4n) is 2.67. The number of carboxylic acid groups (broad SMARTS) is 1. The molecule has 6 nitrogen and oxygen atoms in total. The molecule has 0 aliphatic rings. The van der Waals surface area contributed by atoms with Crippen LogP contribution in [-0.4, -0.2) is 33.0 Å². The molecule has 3 N–H and O–H groups in total. The molecule has 0 radical (unpaired) electrons. The number of carbonyl (C=O) groups is 2. The molecule has 1 atom stereocenters.